The van der Waals surface area contributed by atoms with E-state index in [0.29, 0.717) is 16.3 Å². The molecule has 2 aromatic rings. The first-order valence-electron chi connectivity index (χ1n) is 8.67. The van der Waals surface area contributed by atoms with Crippen molar-refractivity contribution in [1.82, 2.24) is 0 Å². The van der Waals surface area contributed by atoms with Crippen LogP contribution in [0.25, 0.3) is 0 Å². The van der Waals surface area contributed by atoms with Crippen LogP contribution in [0.3, 0.4) is 0 Å². The van der Waals surface area contributed by atoms with Gasteiger partial charge in [0, 0.05) is 16.5 Å². The summed E-state index contributed by atoms with van der Waals surface area (Å²) < 4.78 is 11.2. The monoisotopic (exact) mass is 387 g/mol. The Morgan fingerprint density at radius 2 is 1.74 bits per heavy atom. The molecule has 27 heavy (non-hydrogen) atoms. The Morgan fingerprint density at radius 3 is 2.26 bits per heavy atom. The number of benzene rings is 2. The van der Waals surface area contributed by atoms with Gasteiger partial charge >= 0.3 is 5.97 Å². The van der Waals surface area contributed by atoms with Crippen molar-refractivity contribution in [2.45, 2.75) is 37.8 Å². The zero-order valence-corrected chi connectivity index (χ0v) is 16.9. The zero-order chi connectivity index (χ0) is 20.2. The Bertz CT molecular complexity index is 811. The second-order valence-electron chi connectivity index (χ2n) is 7.33. The predicted molar refractivity (Wildman–Crippen MR) is 109 cm³/mol. The maximum absolute atomic E-state index is 13.3. The molecule has 4 nitrogen and oxygen atoms in total. The minimum absolute atomic E-state index is 0.548. The van der Waals surface area contributed by atoms with Gasteiger partial charge in [-0.3, -0.25) is 0 Å². The van der Waals surface area contributed by atoms with E-state index < -0.39 is 23.0 Å². The summed E-state index contributed by atoms with van der Waals surface area (Å²) in [6.07, 6.45) is 1.65. The number of hydrogen-bond acceptors (Lipinski definition) is 4. The van der Waals surface area contributed by atoms with Crippen LogP contribution in [-0.2, 0) is 15.1 Å². The largest absolute Gasteiger partial charge is 0.496 e. The Balaban J connectivity index is 2.68. The molecule has 0 spiro atoms. The van der Waals surface area contributed by atoms with E-state index in [1.165, 1.54) is 0 Å². The molecular weight excluding hydrogens is 362 g/mol. The van der Waals surface area contributed by atoms with Crippen molar-refractivity contribution >= 4 is 17.6 Å². The topological polar surface area (TPSA) is 61.5 Å². The molecule has 0 radical (unpaired) electrons. The van der Waals surface area contributed by atoms with Gasteiger partial charge in [0.1, 0.15) is 11.4 Å². The third-order valence-electron chi connectivity index (χ3n) is 4.26. The van der Waals surface area contributed by atoms with Crippen molar-refractivity contribution in [3.8, 4) is 5.75 Å². The fraction of sp³-hybridized carbons (Fsp3) is 0.318. The summed E-state index contributed by atoms with van der Waals surface area (Å²) in [6.45, 7) is 9.35. The first kappa shape index (κ1) is 21.0. The van der Waals surface area contributed by atoms with Gasteiger partial charge in [0.05, 0.1) is 7.11 Å². The number of esters is 1. The van der Waals surface area contributed by atoms with Crippen LogP contribution in [0.2, 0.25) is 5.02 Å². The van der Waals surface area contributed by atoms with Crippen LogP contribution in [0, 0.1) is 0 Å². The Kier molecular flexibility index (Phi) is 6.34. The number of nitrogens with two attached hydrogens (primary N) is 1. The summed E-state index contributed by atoms with van der Waals surface area (Å²) in [5.41, 5.74) is 5.92. The number of methoxy groups -OCH3 is 1. The first-order valence-corrected chi connectivity index (χ1v) is 9.05. The predicted octanol–water partition coefficient (Wildman–Crippen LogP) is 4.81. The highest BCUT2D eigenvalue weighted by atomic mass is 35.5. The quantitative estimate of drug-likeness (QED) is 0.570. The van der Waals surface area contributed by atoms with Gasteiger partial charge in [-0.15, -0.1) is 6.58 Å². The summed E-state index contributed by atoms with van der Waals surface area (Å²) in [6, 6.07) is 14.3. The van der Waals surface area contributed by atoms with Crippen molar-refractivity contribution in [3.05, 3.63) is 77.3 Å². The highest BCUT2D eigenvalue weighted by Gasteiger charge is 2.46. The smallest absolute Gasteiger partial charge is 0.332 e. The van der Waals surface area contributed by atoms with Crippen LogP contribution in [0.5, 0.6) is 5.75 Å². The molecule has 0 unspecified atom stereocenters. The average Bonchev–Trinajstić information content (AvgIpc) is 2.61. The number of carbonyl (C=O) groups excluding carboxylic acids is 1. The van der Waals surface area contributed by atoms with E-state index in [9.17, 15) is 4.79 Å². The maximum Gasteiger partial charge on any atom is 0.332 e. The molecule has 0 fully saturated rings. The molecule has 2 atom stereocenters. The molecule has 0 heterocycles. The fourth-order valence-electron chi connectivity index (χ4n) is 2.99. The molecule has 2 N–H and O–H groups in total. The van der Waals surface area contributed by atoms with Crippen LogP contribution in [0.4, 0.5) is 0 Å². The van der Waals surface area contributed by atoms with E-state index in [0.717, 1.165) is 5.56 Å². The third-order valence-corrected chi connectivity index (χ3v) is 4.51. The van der Waals surface area contributed by atoms with Crippen molar-refractivity contribution < 1.29 is 14.3 Å². The Morgan fingerprint density at radius 1 is 1.15 bits per heavy atom. The van der Waals surface area contributed by atoms with Crippen LogP contribution >= 0.6 is 11.6 Å². The fourth-order valence-corrected chi connectivity index (χ4v) is 3.12. The maximum atomic E-state index is 13.3. The highest BCUT2D eigenvalue weighted by Crippen LogP contribution is 2.41. The van der Waals surface area contributed by atoms with Gasteiger partial charge in [0.15, 0.2) is 5.54 Å². The molecular formula is C22H26ClNO3. The van der Waals surface area contributed by atoms with E-state index in [1.54, 1.807) is 58.2 Å². The molecule has 0 saturated heterocycles. The lowest BCUT2D eigenvalue weighted by atomic mass is 9.74. The van der Waals surface area contributed by atoms with Gasteiger partial charge in [-0.1, -0.05) is 48.0 Å². The van der Waals surface area contributed by atoms with Gasteiger partial charge < -0.3 is 15.2 Å². The molecule has 0 aliphatic heterocycles. The SMILES string of the molecule is C=C[C@@H](c1ccccc1OC)[C@@](N)(C(=O)OC(C)(C)C)c1ccc(Cl)cc1. The number of halogens is 1. The molecule has 5 heteroatoms. The van der Waals surface area contributed by atoms with E-state index in [2.05, 4.69) is 6.58 Å². The number of rotatable bonds is 6. The van der Waals surface area contributed by atoms with Gasteiger partial charge in [0.25, 0.3) is 0 Å². The number of para-hydroxylation sites is 1. The molecule has 144 valence electrons. The number of ether oxygens (including phenoxy) is 2. The normalized spacial score (nSPS) is 14.7. The van der Waals surface area contributed by atoms with Crippen LogP contribution < -0.4 is 10.5 Å². The van der Waals surface area contributed by atoms with Crippen molar-refractivity contribution in [2.75, 3.05) is 7.11 Å². The molecule has 2 rings (SSSR count). The van der Waals surface area contributed by atoms with Gasteiger partial charge in [-0.05, 0) is 44.5 Å². The van der Waals surface area contributed by atoms with E-state index in [1.807, 2.05) is 24.3 Å². The minimum atomic E-state index is -1.51. The summed E-state index contributed by atoms with van der Waals surface area (Å²) in [5, 5.41) is 0.553. The number of carbonyl (C=O) groups is 1. The lowest BCUT2D eigenvalue weighted by molar-refractivity contribution is -0.162. The van der Waals surface area contributed by atoms with Crippen LogP contribution in [0.15, 0.2) is 61.2 Å². The molecule has 2 aromatic carbocycles. The van der Waals surface area contributed by atoms with Gasteiger partial charge in [-0.25, -0.2) is 4.79 Å². The van der Waals surface area contributed by atoms with Crippen molar-refractivity contribution in [1.29, 1.82) is 0 Å². The molecule has 0 aliphatic rings. The Labute approximate surface area is 165 Å². The van der Waals surface area contributed by atoms with Crippen LogP contribution in [0.1, 0.15) is 37.8 Å². The van der Waals surface area contributed by atoms with Gasteiger partial charge in [0.2, 0.25) is 0 Å². The molecule has 0 aliphatic carbocycles. The summed E-state index contributed by atoms with van der Waals surface area (Å²) in [5.74, 6) is -0.507. The second kappa shape index (κ2) is 8.15. The van der Waals surface area contributed by atoms with Crippen LogP contribution in [-0.4, -0.2) is 18.7 Å². The lowest BCUT2D eigenvalue weighted by Crippen LogP contribution is -2.52. The third kappa shape index (κ3) is 4.52. The highest BCUT2D eigenvalue weighted by molar-refractivity contribution is 6.30. The number of hydrogen-bond donors (Lipinski definition) is 1. The van der Waals surface area contributed by atoms with Crippen molar-refractivity contribution in [2.24, 2.45) is 5.73 Å². The summed E-state index contributed by atoms with van der Waals surface area (Å²) in [4.78, 5) is 13.3. The molecule has 0 saturated carbocycles. The average molecular weight is 388 g/mol. The van der Waals surface area contributed by atoms with E-state index in [4.69, 9.17) is 26.8 Å². The molecule has 0 aromatic heterocycles. The zero-order valence-electron chi connectivity index (χ0n) is 16.2. The standard InChI is InChI=1S/C22H26ClNO3/c1-6-18(17-9-7-8-10-19(17)26-5)22(24,20(25)27-21(2,3)4)15-11-13-16(23)14-12-15/h6-14,18H,1,24H2,2-5H3/t18-,22+/m0/s1. The molecule has 0 amide bonds. The Hall–Kier alpha value is -2.30. The van der Waals surface area contributed by atoms with E-state index in [-0.39, 0.29) is 0 Å². The first-order chi connectivity index (χ1) is 12.6. The van der Waals surface area contributed by atoms with Gasteiger partial charge in [-0.2, -0.15) is 0 Å². The van der Waals surface area contributed by atoms with Crippen molar-refractivity contribution in [3.63, 3.8) is 0 Å². The second-order valence-corrected chi connectivity index (χ2v) is 7.77. The minimum Gasteiger partial charge on any atom is -0.496 e. The summed E-state index contributed by atoms with van der Waals surface area (Å²) >= 11 is 6.03. The molecule has 0 bridgehead atoms. The lowest BCUT2D eigenvalue weighted by Gasteiger charge is -2.37. The van der Waals surface area contributed by atoms with E-state index >= 15 is 0 Å². The summed E-state index contributed by atoms with van der Waals surface area (Å²) in [7, 11) is 1.58.